The number of nitrogens with two attached hydrogens (primary N) is 1. The second-order valence-electron chi connectivity index (χ2n) is 2.88. The highest BCUT2D eigenvalue weighted by Crippen LogP contribution is 2.18. The number of rotatable bonds is 3. The zero-order chi connectivity index (χ0) is 10.6. The van der Waals surface area contributed by atoms with Gasteiger partial charge in [0.2, 0.25) is 5.91 Å². The summed E-state index contributed by atoms with van der Waals surface area (Å²) in [5.74, 6) is -0.271. The maximum Gasteiger partial charge on any atom is 0.242 e. The number of hydrogen-bond acceptors (Lipinski definition) is 4. The molecule has 1 unspecified atom stereocenters. The Kier molecular flexibility index (Phi) is 3.41. The average molecular weight is 195 g/mol. The third kappa shape index (κ3) is 2.43. The summed E-state index contributed by atoms with van der Waals surface area (Å²) in [6, 6.07) is 2.45. The van der Waals surface area contributed by atoms with Crippen LogP contribution in [0.25, 0.3) is 0 Å². The van der Waals surface area contributed by atoms with E-state index in [1.54, 1.807) is 6.07 Å². The van der Waals surface area contributed by atoms with Crippen LogP contribution in [0.2, 0.25) is 0 Å². The molecule has 0 saturated heterocycles. The van der Waals surface area contributed by atoms with Crippen LogP contribution in [0.5, 0.6) is 5.75 Å². The SMILES string of the molecule is CCC(N)C(=O)Nc1ncccc1O. The van der Waals surface area contributed by atoms with Gasteiger partial charge in [-0.25, -0.2) is 4.98 Å². The van der Waals surface area contributed by atoms with Crippen molar-refractivity contribution >= 4 is 11.7 Å². The van der Waals surface area contributed by atoms with Crippen LogP contribution >= 0.6 is 0 Å². The number of carbonyl (C=O) groups is 1. The van der Waals surface area contributed by atoms with E-state index in [0.717, 1.165) is 0 Å². The Balaban J connectivity index is 2.70. The molecule has 14 heavy (non-hydrogen) atoms. The Hall–Kier alpha value is -1.62. The molecular weight excluding hydrogens is 182 g/mol. The van der Waals surface area contributed by atoms with Crippen LogP contribution in [-0.2, 0) is 4.79 Å². The summed E-state index contributed by atoms with van der Waals surface area (Å²) in [6.45, 7) is 1.81. The third-order valence-electron chi connectivity index (χ3n) is 1.80. The van der Waals surface area contributed by atoms with Gasteiger partial charge in [0.1, 0.15) is 0 Å². The molecule has 76 valence electrons. The van der Waals surface area contributed by atoms with Gasteiger partial charge in [0.15, 0.2) is 11.6 Å². The summed E-state index contributed by atoms with van der Waals surface area (Å²) in [6.07, 6.45) is 2.02. The van der Waals surface area contributed by atoms with Gasteiger partial charge < -0.3 is 16.2 Å². The van der Waals surface area contributed by atoms with Crippen molar-refractivity contribution in [1.82, 2.24) is 4.98 Å². The van der Waals surface area contributed by atoms with Crippen molar-refractivity contribution in [1.29, 1.82) is 0 Å². The number of hydrogen-bond donors (Lipinski definition) is 3. The minimum atomic E-state index is -0.573. The van der Waals surface area contributed by atoms with E-state index in [0.29, 0.717) is 6.42 Å². The van der Waals surface area contributed by atoms with Gasteiger partial charge in [0.25, 0.3) is 0 Å². The highest BCUT2D eigenvalue weighted by Gasteiger charge is 2.12. The lowest BCUT2D eigenvalue weighted by atomic mass is 10.2. The van der Waals surface area contributed by atoms with Gasteiger partial charge >= 0.3 is 0 Å². The molecule has 5 nitrogen and oxygen atoms in total. The number of aromatic hydroxyl groups is 1. The van der Waals surface area contributed by atoms with Crippen molar-refractivity contribution in [3.63, 3.8) is 0 Å². The van der Waals surface area contributed by atoms with Crippen LogP contribution in [0.3, 0.4) is 0 Å². The van der Waals surface area contributed by atoms with E-state index in [9.17, 15) is 9.90 Å². The Morgan fingerprint density at radius 1 is 1.79 bits per heavy atom. The van der Waals surface area contributed by atoms with Crippen LogP contribution in [0.1, 0.15) is 13.3 Å². The first kappa shape index (κ1) is 10.5. The fourth-order valence-electron chi connectivity index (χ4n) is 0.888. The molecule has 5 heteroatoms. The van der Waals surface area contributed by atoms with E-state index in [1.165, 1.54) is 12.3 Å². The monoisotopic (exact) mass is 195 g/mol. The number of nitrogens with one attached hydrogen (secondary N) is 1. The Morgan fingerprint density at radius 3 is 3.07 bits per heavy atom. The van der Waals surface area contributed by atoms with Gasteiger partial charge in [0.05, 0.1) is 6.04 Å². The van der Waals surface area contributed by atoms with Gasteiger partial charge in [-0.1, -0.05) is 6.92 Å². The van der Waals surface area contributed by atoms with Gasteiger partial charge in [-0.2, -0.15) is 0 Å². The lowest BCUT2D eigenvalue weighted by Crippen LogP contribution is -2.35. The summed E-state index contributed by atoms with van der Waals surface area (Å²) >= 11 is 0. The molecule has 0 aliphatic carbocycles. The quantitative estimate of drug-likeness (QED) is 0.653. The van der Waals surface area contributed by atoms with E-state index in [1.807, 2.05) is 6.92 Å². The molecule has 0 aliphatic rings. The number of amides is 1. The number of aromatic nitrogens is 1. The molecule has 0 radical (unpaired) electrons. The summed E-state index contributed by atoms with van der Waals surface area (Å²) in [5.41, 5.74) is 5.49. The van der Waals surface area contributed by atoms with Gasteiger partial charge in [0, 0.05) is 6.20 Å². The van der Waals surface area contributed by atoms with Crippen molar-refractivity contribution in [3.8, 4) is 5.75 Å². The van der Waals surface area contributed by atoms with Crippen LogP contribution in [0.15, 0.2) is 18.3 Å². The van der Waals surface area contributed by atoms with Crippen molar-refractivity contribution in [2.75, 3.05) is 5.32 Å². The first-order valence-corrected chi connectivity index (χ1v) is 4.35. The van der Waals surface area contributed by atoms with E-state index in [4.69, 9.17) is 5.73 Å². The summed E-state index contributed by atoms with van der Waals surface area (Å²) < 4.78 is 0. The second-order valence-corrected chi connectivity index (χ2v) is 2.88. The molecule has 1 aromatic rings. The molecule has 0 spiro atoms. The molecule has 0 fully saturated rings. The van der Waals surface area contributed by atoms with Crippen LogP contribution in [-0.4, -0.2) is 22.0 Å². The van der Waals surface area contributed by atoms with E-state index >= 15 is 0 Å². The molecule has 1 amide bonds. The lowest BCUT2D eigenvalue weighted by molar-refractivity contribution is -0.117. The summed E-state index contributed by atoms with van der Waals surface area (Å²) in [7, 11) is 0. The fourth-order valence-corrected chi connectivity index (χ4v) is 0.888. The maximum absolute atomic E-state index is 11.3. The molecule has 1 rings (SSSR count). The maximum atomic E-state index is 11.3. The van der Waals surface area contributed by atoms with E-state index < -0.39 is 6.04 Å². The fraction of sp³-hybridized carbons (Fsp3) is 0.333. The molecule has 4 N–H and O–H groups in total. The van der Waals surface area contributed by atoms with Gasteiger partial charge in [-0.05, 0) is 18.6 Å². The Bertz CT molecular complexity index is 328. The number of carbonyl (C=O) groups excluding carboxylic acids is 1. The molecule has 1 atom stereocenters. The molecule has 1 heterocycles. The minimum Gasteiger partial charge on any atom is -0.504 e. The Morgan fingerprint density at radius 2 is 2.50 bits per heavy atom. The molecular formula is C9H13N3O2. The van der Waals surface area contributed by atoms with Crippen LogP contribution in [0, 0.1) is 0 Å². The normalized spacial score (nSPS) is 12.1. The molecule has 1 aromatic heterocycles. The first-order chi connectivity index (χ1) is 6.65. The second kappa shape index (κ2) is 4.57. The predicted octanol–water partition coefficient (Wildman–Crippen LogP) is 0.463. The Labute approximate surface area is 82.0 Å². The van der Waals surface area contributed by atoms with Gasteiger partial charge in [-0.3, -0.25) is 4.79 Å². The molecule has 0 aromatic carbocycles. The number of pyridine rings is 1. The highest BCUT2D eigenvalue weighted by atomic mass is 16.3. The number of anilines is 1. The zero-order valence-electron chi connectivity index (χ0n) is 7.90. The van der Waals surface area contributed by atoms with Gasteiger partial charge in [-0.15, -0.1) is 0 Å². The van der Waals surface area contributed by atoms with E-state index in [-0.39, 0.29) is 17.5 Å². The topological polar surface area (TPSA) is 88.2 Å². The van der Waals surface area contributed by atoms with Crippen molar-refractivity contribution in [3.05, 3.63) is 18.3 Å². The molecule has 0 saturated carbocycles. The number of nitrogens with zero attached hydrogens (tertiary/aromatic N) is 1. The molecule has 0 aliphatic heterocycles. The van der Waals surface area contributed by atoms with Crippen molar-refractivity contribution in [2.45, 2.75) is 19.4 Å². The van der Waals surface area contributed by atoms with Crippen LogP contribution in [0.4, 0.5) is 5.82 Å². The minimum absolute atomic E-state index is 0.0656. The van der Waals surface area contributed by atoms with E-state index in [2.05, 4.69) is 10.3 Å². The standard InChI is InChI=1S/C9H13N3O2/c1-2-6(10)9(14)12-8-7(13)4-3-5-11-8/h3-6,13H,2,10H2,1H3,(H,11,12,14). The lowest BCUT2D eigenvalue weighted by Gasteiger charge is -2.09. The highest BCUT2D eigenvalue weighted by molar-refractivity contribution is 5.94. The summed E-state index contributed by atoms with van der Waals surface area (Å²) in [4.78, 5) is 15.1. The van der Waals surface area contributed by atoms with Crippen molar-refractivity contribution in [2.24, 2.45) is 5.73 Å². The zero-order valence-corrected chi connectivity index (χ0v) is 7.90. The predicted molar refractivity (Wildman–Crippen MR) is 52.8 cm³/mol. The van der Waals surface area contributed by atoms with Crippen LogP contribution < -0.4 is 11.1 Å². The smallest absolute Gasteiger partial charge is 0.242 e. The van der Waals surface area contributed by atoms with Crippen molar-refractivity contribution < 1.29 is 9.90 Å². The first-order valence-electron chi connectivity index (χ1n) is 4.35. The third-order valence-corrected chi connectivity index (χ3v) is 1.80. The average Bonchev–Trinajstić information content (AvgIpc) is 2.20. The summed E-state index contributed by atoms with van der Waals surface area (Å²) in [5, 5.41) is 11.7. The molecule has 0 bridgehead atoms. The largest absolute Gasteiger partial charge is 0.504 e.